The van der Waals surface area contributed by atoms with E-state index in [1.165, 1.54) is 0 Å². The molecular formula is C24H26N4O4. The lowest BCUT2D eigenvalue weighted by atomic mass is 10.1. The number of methoxy groups -OCH3 is 2. The minimum atomic E-state index is -0.282. The van der Waals surface area contributed by atoms with Gasteiger partial charge in [-0.3, -0.25) is 4.79 Å². The third-order valence-corrected chi connectivity index (χ3v) is 5.23. The van der Waals surface area contributed by atoms with Crippen LogP contribution in [0.15, 0.2) is 40.9 Å². The van der Waals surface area contributed by atoms with Crippen molar-refractivity contribution in [2.24, 2.45) is 0 Å². The van der Waals surface area contributed by atoms with Crippen LogP contribution in [0.4, 0.5) is 5.69 Å². The van der Waals surface area contributed by atoms with Crippen LogP contribution in [0.25, 0.3) is 22.3 Å². The molecule has 4 aromatic rings. The summed E-state index contributed by atoms with van der Waals surface area (Å²) >= 11 is 0. The number of amides is 1. The molecule has 4 rings (SSSR count). The molecule has 0 spiro atoms. The number of aryl methyl sites for hydroxylation is 2. The molecular weight excluding hydrogens is 408 g/mol. The third kappa shape index (κ3) is 3.91. The molecule has 1 aromatic carbocycles. The molecule has 0 bridgehead atoms. The molecule has 8 heteroatoms. The van der Waals surface area contributed by atoms with Crippen molar-refractivity contribution in [3.8, 4) is 22.8 Å². The maximum absolute atomic E-state index is 13.4. The number of ether oxygens (including phenoxy) is 2. The van der Waals surface area contributed by atoms with Gasteiger partial charge in [-0.15, -0.1) is 0 Å². The molecule has 3 heterocycles. The van der Waals surface area contributed by atoms with Gasteiger partial charge in [0.05, 0.1) is 37.1 Å². The Bertz CT molecular complexity index is 1280. The van der Waals surface area contributed by atoms with Crippen molar-refractivity contribution in [1.82, 2.24) is 14.8 Å². The lowest BCUT2D eigenvalue weighted by molar-refractivity contribution is 0.102. The first kappa shape index (κ1) is 21.4. The first-order valence-electron chi connectivity index (χ1n) is 10.3. The molecule has 0 saturated carbocycles. The minimum absolute atomic E-state index is 0.0842. The average molecular weight is 434 g/mol. The van der Waals surface area contributed by atoms with Crippen LogP contribution in [0, 0.1) is 13.8 Å². The van der Waals surface area contributed by atoms with E-state index in [1.807, 2.05) is 38.4 Å². The molecule has 1 N–H and O–H groups in total. The maximum Gasteiger partial charge on any atom is 0.256 e. The number of nitrogens with zero attached hydrogens (tertiary/aromatic N) is 3. The lowest BCUT2D eigenvalue weighted by Gasteiger charge is -2.12. The summed E-state index contributed by atoms with van der Waals surface area (Å²) in [5, 5.41) is 8.10. The molecule has 0 radical (unpaired) electrons. The summed E-state index contributed by atoms with van der Waals surface area (Å²) in [6.45, 7) is 7.82. The highest BCUT2D eigenvalue weighted by molar-refractivity contribution is 6.12. The lowest BCUT2D eigenvalue weighted by Crippen LogP contribution is -2.13. The van der Waals surface area contributed by atoms with Crippen molar-refractivity contribution in [2.75, 3.05) is 19.5 Å². The zero-order chi connectivity index (χ0) is 23.0. The molecule has 0 atom stereocenters. The quantitative estimate of drug-likeness (QED) is 0.451. The summed E-state index contributed by atoms with van der Waals surface area (Å²) in [4.78, 5) is 18.2. The van der Waals surface area contributed by atoms with Gasteiger partial charge in [0.25, 0.3) is 5.91 Å². The van der Waals surface area contributed by atoms with Crippen LogP contribution < -0.4 is 14.8 Å². The number of hydrogen-bond acceptors (Lipinski definition) is 6. The van der Waals surface area contributed by atoms with Crippen LogP contribution >= 0.6 is 0 Å². The number of benzene rings is 1. The van der Waals surface area contributed by atoms with E-state index in [-0.39, 0.29) is 11.9 Å². The van der Waals surface area contributed by atoms with Crippen molar-refractivity contribution in [2.45, 2.75) is 33.7 Å². The highest BCUT2D eigenvalue weighted by Gasteiger charge is 2.20. The third-order valence-electron chi connectivity index (χ3n) is 5.23. The van der Waals surface area contributed by atoms with E-state index >= 15 is 0 Å². The predicted molar refractivity (Wildman–Crippen MR) is 123 cm³/mol. The zero-order valence-corrected chi connectivity index (χ0v) is 19.0. The van der Waals surface area contributed by atoms with Gasteiger partial charge in [-0.05, 0) is 39.8 Å². The Morgan fingerprint density at radius 2 is 1.75 bits per heavy atom. The summed E-state index contributed by atoms with van der Waals surface area (Å²) in [5.41, 5.74) is 3.17. The first-order chi connectivity index (χ1) is 15.3. The zero-order valence-electron chi connectivity index (χ0n) is 19.0. The number of rotatable bonds is 6. The standard InChI is InChI=1S/C24H26N4O4/c1-13(2)28-23-21(12-25-28)20(11-22(27-23)19-7-14(3)32-15(19)4)24(29)26-16-8-17(30-5)10-18(9-16)31-6/h7-13H,1-6H3,(H,26,29). The largest absolute Gasteiger partial charge is 0.497 e. The van der Waals surface area contributed by atoms with Gasteiger partial charge in [0.1, 0.15) is 23.0 Å². The fourth-order valence-corrected chi connectivity index (χ4v) is 3.68. The second-order valence-corrected chi connectivity index (χ2v) is 7.86. The Balaban J connectivity index is 1.84. The SMILES string of the molecule is COc1cc(NC(=O)c2cc(-c3cc(C)oc3C)nc3c2cnn3C(C)C)cc(OC)c1. The van der Waals surface area contributed by atoms with Crippen LogP contribution in [0.3, 0.4) is 0 Å². The molecule has 0 unspecified atom stereocenters. The van der Waals surface area contributed by atoms with Gasteiger partial charge >= 0.3 is 0 Å². The van der Waals surface area contributed by atoms with Gasteiger partial charge < -0.3 is 19.2 Å². The highest BCUT2D eigenvalue weighted by Crippen LogP contribution is 2.31. The van der Waals surface area contributed by atoms with Crippen molar-refractivity contribution in [3.63, 3.8) is 0 Å². The fraction of sp³-hybridized carbons (Fsp3) is 0.292. The van der Waals surface area contributed by atoms with Crippen molar-refractivity contribution >= 4 is 22.6 Å². The Morgan fingerprint density at radius 3 is 2.31 bits per heavy atom. The highest BCUT2D eigenvalue weighted by atomic mass is 16.5. The second kappa shape index (κ2) is 8.37. The van der Waals surface area contributed by atoms with E-state index in [2.05, 4.69) is 10.4 Å². The van der Waals surface area contributed by atoms with Crippen LogP contribution in [-0.2, 0) is 0 Å². The monoisotopic (exact) mass is 434 g/mol. The first-order valence-corrected chi connectivity index (χ1v) is 10.3. The Kier molecular flexibility index (Phi) is 5.61. The van der Waals surface area contributed by atoms with Crippen molar-refractivity contribution < 1.29 is 18.7 Å². The molecule has 0 aliphatic heterocycles. The van der Waals surface area contributed by atoms with E-state index in [0.29, 0.717) is 39.5 Å². The topological polar surface area (TPSA) is 91.4 Å². The summed E-state index contributed by atoms with van der Waals surface area (Å²) in [6, 6.07) is 9.00. The van der Waals surface area contributed by atoms with E-state index in [9.17, 15) is 4.79 Å². The van der Waals surface area contributed by atoms with Crippen LogP contribution in [0.5, 0.6) is 11.5 Å². The number of hydrogen-bond donors (Lipinski definition) is 1. The smallest absolute Gasteiger partial charge is 0.256 e. The second-order valence-electron chi connectivity index (χ2n) is 7.86. The van der Waals surface area contributed by atoms with Gasteiger partial charge in [-0.1, -0.05) is 0 Å². The molecule has 1 amide bonds. The Morgan fingerprint density at radius 1 is 1.06 bits per heavy atom. The Hall–Kier alpha value is -3.81. The molecule has 0 saturated heterocycles. The number of furan rings is 1. The fourth-order valence-electron chi connectivity index (χ4n) is 3.68. The van der Waals surface area contributed by atoms with Crippen LogP contribution in [0.1, 0.15) is 41.8 Å². The van der Waals surface area contributed by atoms with Gasteiger partial charge in [-0.2, -0.15) is 5.10 Å². The summed E-state index contributed by atoms with van der Waals surface area (Å²) in [7, 11) is 3.13. The average Bonchev–Trinajstić information content (AvgIpc) is 3.34. The van der Waals surface area contributed by atoms with Gasteiger partial charge in [0.15, 0.2) is 5.65 Å². The number of pyridine rings is 1. The number of carbonyl (C=O) groups excluding carboxylic acids is 1. The van der Waals surface area contributed by atoms with Gasteiger partial charge in [-0.25, -0.2) is 9.67 Å². The normalized spacial score (nSPS) is 11.2. The number of nitrogens with one attached hydrogen (secondary N) is 1. The molecule has 8 nitrogen and oxygen atoms in total. The van der Waals surface area contributed by atoms with Gasteiger partial charge in [0, 0.05) is 35.5 Å². The molecule has 3 aromatic heterocycles. The molecule has 0 aliphatic carbocycles. The van der Waals surface area contributed by atoms with Crippen molar-refractivity contribution in [1.29, 1.82) is 0 Å². The van der Waals surface area contributed by atoms with Crippen molar-refractivity contribution in [3.05, 3.63) is 53.6 Å². The number of anilines is 1. The molecule has 0 aliphatic rings. The maximum atomic E-state index is 13.4. The molecule has 32 heavy (non-hydrogen) atoms. The Labute approximate surface area is 186 Å². The summed E-state index contributed by atoms with van der Waals surface area (Å²) < 4.78 is 18.1. The van der Waals surface area contributed by atoms with Gasteiger partial charge in [0.2, 0.25) is 0 Å². The van der Waals surface area contributed by atoms with E-state index in [4.69, 9.17) is 18.9 Å². The number of aromatic nitrogens is 3. The van der Waals surface area contributed by atoms with Crippen LogP contribution in [0.2, 0.25) is 0 Å². The van der Waals surface area contributed by atoms with E-state index in [0.717, 1.165) is 17.1 Å². The number of fused-ring (bicyclic) bond motifs is 1. The van der Waals surface area contributed by atoms with E-state index < -0.39 is 0 Å². The minimum Gasteiger partial charge on any atom is -0.497 e. The van der Waals surface area contributed by atoms with Crippen LogP contribution in [-0.4, -0.2) is 34.9 Å². The predicted octanol–water partition coefficient (Wildman–Crippen LogP) is 5.16. The number of carbonyl (C=O) groups is 1. The van der Waals surface area contributed by atoms with E-state index in [1.54, 1.807) is 44.7 Å². The molecule has 166 valence electrons. The molecule has 0 fully saturated rings. The summed E-state index contributed by atoms with van der Waals surface area (Å²) in [5.74, 6) is 2.41. The summed E-state index contributed by atoms with van der Waals surface area (Å²) in [6.07, 6.45) is 1.68.